The van der Waals surface area contributed by atoms with Crippen LogP contribution in [-0.4, -0.2) is 24.2 Å². The number of carboxylic acid groups (broad SMARTS) is 1. The summed E-state index contributed by atoms with van der Waals surface area (Å²) in [5.41, 5.74) is 3.97. The molecule has 0 unspecified atom stereocenters. The van der Waals surface area contributed by atoms with Crippen molar-refractivity contribution in [1.82, 2.24) is 5.32 Å². The highest BCUT2D eigenvalue weighted by molar-refractivity contribution is 5.73. The number of aryl methyl sites for hydroxylation is 2. The number of nitrogens with one attached hydrogen (secondary N) is 1. The molecule has 0 spiro atoms. The Hall–Kier alpha value is -1.35. The molecule has 3 nitrogen and oxygen atoms in total. The molecular weight excluding hydrogens is 214 g/mol. The van der Waals surface area contributed by atoms with E-state index in [0.29, 0.717) is 6.42 Å². The summed E-state index contributed by atoms with van der Waals surface area (Å²) in [7, 11) is 1.69. The number of likely N-dealkylation sites (N-methyl/N-ethyl adjacent to an activating group) is 1. The van der Waals surface area contributed by atoms with Gasteiger partial charge in [0.1, 0.15) is 6.04 Å². The van der Waals surface area contributed by atoms with Crippen LogP contribution >= 0.6 is 0 Å². The first kappa shape index (κ1) is 12.1. The number of rotatable bonds is 4. The van der Waals surface area contributed by atoms with Crippen molar-refractivity contribution >= 4 is 5.97 Å². The maximum absolute atomic E-state index is 11.0. The summed E-state index contributed by atoms with van der Waals surface area (Å²) in [6, 6.07) is 5.93. The molecule has 0 bridgehead atoms. The standard InChI is InChI=1S/C14H19NO2/c1-15-13(14(16)17)9-10-6-7-11-4-2-3-5-12(11)8-10/h6-8,13,15H,2-5,9H2,1H3,(H,16,17)/t13-/m0/s1. The molecule has 2 rings (SSSR count). The van der Waals surface area contributed by atoms with Gasteiger partial charge in [0.2, 0.25) is 0 Å². The normalized spacial score (nSPS) is 16.3. The number of hydrogen-bond acceptors (Lipinski definition) is 2. The van der Waals surface area contributed by atoms with Crippen LogP contribution in [0.2, 0.25) is 0 Å². The van der Waals surface area contributed by atoms with Crippen LogP contribution in [0, 0.1) is 0 Å². The monoisotopic (exact) mass is 233 g/mol. The Kier molecular flexibility index (Phi) is 3.79. The summed E-state index contributed by atoms with van der Waals surface area (Å²) in [5.74, 6) is -0.787. The number of carbonyl (C=O) groups is 1. The first-order chi connectivity index (χ1) is 8.20. The van der Waals surface area contributed by atoms with E-state index in [1.807, 2.05) is 0 Å². The van der Waals surface area contributed by atoms with E-state index in [1.54, 1.807) is 7.05 Å². The second kappa shape index (κ2) is 5.32. The number of fused-ring (bicyclic) bond motifs is 1. The fourth-order valence-corrected chi connectivity index (χ4v) is 2.46. The Balaban J connectivity index is 2.14. The van der Waals surface area contributed by atoms with Crippen LogP contribution in [0.5, 0.6) is 0 Å². The van der Waals surface area contributed by atoms with E-state index < -0.39 is 12.0 Å². The van der Waals surface area contributed by atoms with E-state index in [4.69, 9.17) is 5.11 Å². The van der Waals surface area contributed by atoms with E-state index in [-0.39, 0.29) is 0 Å². The highest BCUT2D eigenvalue weighted by atomic mass is 16.4. The Labute approximate surface area is 102 Å². The Bertz CT molecular complexity index is 415. The van der Waals surface area contributed by atoms with Gasteiger partial charge >= 0.3 is 5.97 Å². The molecule has 0 saturated heterocycles. The number of hydrogen-bond donors (Lipinski definition) is 2. The molecule has 17 heavy (non-hydrogen) atoms. The zero-order chi connectivity index (χ0) is 12.3. The molecule has 0 heterocycles. The quantitative estimate of drug-likeness (QED) is 0.833. The molecule has 1 aliphatic carbocycles. The van der Waals surface area contributed by atoms with E-state index in [1.165, 1.54) is 30.4 Å². The summed E-state index contributed by atoms with van der Waals surface area (Å²) < 4.78 is 0. The fourth-order valence-electron chi connectivity index (χ4n) is 2.46. The Morgan fingerprint density at radius 1 is 1.35 bits per heavy atom. The molecule has 92 valence electrons. The van der Waals surface area contributed by atoms with Gasteiger partial charge in [-0.05, 0) is 55.8 Å². The maximum atomic E-state index is 11.0. The molecule has 1 atom stereocenters. The smallest absolute Gasteiger partial charge is 0.321 e. The van der Waals surface area contributed by atoms with E-state index in [9.17, 15) is 4.79 Å². The lowest BCUT2D eigenvalue weighted by atomic mass is 9.89. The Morgan fingerprint density at radius 2 is 2.06 bits per heavy atom. The maximum Gasteiger partial charge on any atom is 0.321 e. The molecule has 3 heteroatoms. The van der Waals surface area contributed by atoms with Gasteiger partial charge in [-0.15, -0.1) is 0 Å². The molecule has 0 amide bonds. The minimum absolute atomic E-state index is 0.489. The van der Waals surface area contributed by atoms with E-state index in [2.05, 4.69) is 23.5 Å². The molecule has 0 aromatic heterocycles. The van der Waals surface area contributed by atoms with Gasteiger partial charge in [0.05, 0.1) is 0 Å². The summed E-state index contributed by atoms with van der Waals surface area (Å²) in [6.07, 6.45) is 5.40. The summed E-state index contributed by atoms with van der Waals surface area (Å²) in [6.45, 7) is 0. The van der Waals surface area contributed by atoms with Crippen molar-refractivity contribution in [3.05, 3.63) is 34.9 Å². The first-order valence-electron chi connectivity index (χ1n) is 6.21. The second-order valence-corrected chi connectivity index (χ2v) is 4.69. The third-order valence-corrected chi connectivity index (χ3v) is 3.50. The third kappa shape index (κ3) is 2.86. The molecule has 0 aliphatic heterocycles. The topological polar surface area (TPSA) is 49.3 Å². The van der Waals surface area contributed by atoms with Gasteiger partial charge in [0, 0.05) is 0 Å². The lowest BCUT2D eigenvalue weighted by molar-refractivity contribution is -0.139. The average Bonchev–Trinajstić information content (AvgIpc) is 2.35. The Morgan fingerprint density at radius 3 is 2.71 bits per heavy atom. The molecule has 0 saturated carbocycles. The lowest BCUT2D eigenvalue weighted by Gasteiger charge is -2.18. The lowest BCUT2D eigenvalue weighted by Crippen LogP contribution is -2.35. The van der Waals surface area contributed by atoms with Crippen LogP contribution in [0.4, 0.5) is 0 Å². The van der Waals surface area contributed by atoms with Crippen LogP contribution < -0.4 is 5.32 Å². The largest absolute Gasteiger partial charge is 0.480 e. The SMILES string of the molecule is CN[C@@H](Cc1ccc2c(c1)CCCC2)C(=O)O. The molecule has 1 aromatic carbocycles. The molecule has 1 aliphatic rings. The minimum atomic E-state index is -0.787. The van der Waals surface area contributed by atoms with Gasteiger partial charge in [-0.1, -0.05) is 18.2 Å². The summed E-state index contributed by atoms with van der Waals surface area (Å²) >= 11 is 0. The molecule has 0 radical (unpaired) electrons. The van der Waals surface area contributed by atoms with Crippen molar-refractivity contribution in [3.63, 3.8) is 0 Å². The van der Waals surface area contributed by atoms with Crippen molar-refractivity contribution < 1.29 is 9.90 Å². The van der Waals surface area contributed by atoms with Gasteiger partial charge < -0.3 is 10.4 Å². The molecule has 1 aromatic rings. The summed E-state index contributed by atoms with van der Waals surface area (Å²) in [4.78, 5) is 11.0. The molecular formula is C14H19NO2. The van der Waals surface area contributed by atoms with Crippen molar-refractivity contribution in [1.29, 1.82) is 0 Å². The van der Waals surface area contributed by atoms with Crippen molar-refractivity contribution in [2.45, 2.75) is 38.1 Å². The van der Waals surface area contributed by atoms with E-state index >= 15 is 0 Å². The van der Waals surface area contributed by atoms with Gasteiger partial charge in [0.25, 0.3) is 0 Å². The van der Waals surface area contributed by atoms with Gasteiger partial charge in [0.15, 0.2) is 0 Å². The molecule has 0 fully saturated rings. The van der Waals surface area contributed by atoms with Crippen molar-refractivity contribution in [2.75, 3.05) is 7.05 Å². The van der Waals surface area contributed by atoms with Crippen LogP contribution in [0.3, 0.4) is 0 Å². The number of carboxylic acids is 1. The van der Waals surface area contributed by atoms with Gasteiger partial charge in [-0.2, -0.15) is 0 Å². The number of benzene rings is 1. The second-order valence-electron chi connectivity index (χ2n) is 4.69. The van der Waals surface area contributed by atoms with Gasteiger partial charge in [-0.25, -0.2) is 0 Å². The van der Waals surface area contributed by atoms with Crippen LogP contribution in [0.25, 0.3) is 0 Å². The predicted molar refractivity (Wildman–Crippen MR) is 67.3 cm³/mol. The predicted octanol–water partition coefficient (Wildman–Crippen LogP) is 1.78. The highest BCUT2D eigenvalue weighted by Gasteiger charge is 2.16. The van der Waals surface area contributed by atoms with Crippen molar-refractivity contribution in [2.24, 2.45) is 0 Å². The highest BCUT2D eigenvalue weighted by Crippen LogP contribution is 2.22. The van der Waals surface area contributed by atoms with Crippen LogP contribution in [0.15, 0.2) is 18.2 Å². The average molecular weight is 233 g/mol. The zero-order valence-corrected chi connectivity index (χ0v) is 10.2. The van der Waals surface area contributed by atoms with E-state index in [0.717, 1.165) is 12.0 Å². The zero-order valence-electron chi connectivity index (χ0n) is 10.2. The van der Waals surface area contributed by atoms with Gasteiger partial charge in [-0.3, -0.25) is 4.79 Å². The summed E-state index contributed by atoms with van der Waals surface area (Å²) in [5, 5.41) is 11.8. The van der Waals surface area contributed by atoms with Crippen LogP contribution in [-0.2, 0) is 24.1 Å². The van der Waals surface area contributed by atoms with Crippen LogP contribution in [0.1, 0.15) is 29.5 Å². The number of aliphatic carboxylic acids is 1. The third-order valence-electron chi connectivity index (χ3n) is 3.50. The molecule has 2 N–H and O–H groups in total. The first-order valence-corrected chi connectivity index (χ1v) is 6.21. The van der Waals surface area contributed by atoms with Crippen molar-refractivity contribution in [3.8, 4) is 0 Å². The fraction of sp³-hybridized carbons (Fsp3) is 0.500. The minimum Gasteiger partial charge on any atom is -0.480 e.